The highest BCUT2D eigenvalue weighted by Crippen LogP contribution is 2.31. The van der Waals surface area contributed by atoms with Gasteiger partial charge < -0.3 is 14.2 Å². The lowest BCUT2D eigenvalue weighted by molar-refractivity contribution is -0.113. The van der Waals surface area contributed by atoms with E-state index in [1.807, 2.05) is 31.2 Å². The van der Waals surface area contributed by atoms with Crippen LogP contribution in [0.3, 0.4) is 0 Å². The van der Waals surface area contributed by atoms with Crippen molar-refractivity contribution in [2.75, 3.05) is 5.32 Å². The number of fused-ring (bicyclic) bond motifs is 1. The van der Waals surface area contributed by atoms with Crippen LogP contribution in [0.15, 0.2) is 90.8 Å². The van der Waals surface area contributed by atoms with Gasteiger partial charge in [0.05, 0.1) is 22.1 Å². The molecule has 0 saturated heterocycles. The van der Waals surface area contributed by atoms with Crippen molar-refractivity contribution in [1.29, 1.82) is 0 Å². The van der Waals surface area contributed by atoms with E-state index in [1.165, 1.54) is 15.9 Å². The SMILES string of the molecule is CC1=C(C(=O)Nc2ccccc2)C(c2ccc(C)o2)n2c(sc(=Cc3ccco3)c2=O)=N1. The Labute approximate surface area is 186 Å². The van der Waals surface area contributed by atoms with E-state index in [2.05, 4.69) is 10.3 Å². The van der Waals surface area contributed by atoms with Gasteiger partial charge >= 0.3 is 0 Å². The number of anilines is 1. The second-order valence-corrected chi connectivity index (χ2v) is 8.37. The number of allylic oxidation sites excluding steroid dienone is 1. The minimum absolute atomic E-state index is 0.262. The van der Waals surface area contributed by atoms with Crippen LogP contribution in [-0.4, -0.2) is 10.5 Å². The van der Waals surface area contributed by atoms with Gasteiger partial charge in [-0.15, -0.1) is 0 Å². The summed E-state index contributed by atoms with van der Waals surface area (Å²) in [6, 6.07) is 15.6. The third-order valence-electron chi connectivity index (χ3n) is 5.15. The van der Waals surface area contributed by atoms with Gasteiger partial charge in [-0.25, -0.2) is 4.99 Å². The summed E-state index contributed by atoms with van der Waals surface area (Å²) in [5.41, 5.74) is 1.28. The van der Waals surface area contributed by atoms with Crippen molar-refractivity contribution in [3.8, 4) is 0 Å². The average Bonchev–Trinajstić information content (AvgIpc) is 3.50. The number of thiazole rings is 1. The first kappa shape index (κ1) is 20.0. The molecule has 0 spiro atoms. The first-order valence-corrected chi connectivity index (χ1v) is 10.8. The van der Waals surface area contributed by atoms with Crippen molar-refractivity contribution in [2.24, 2.45) is 4.99 Å². The second kappa shape index (κ2) is 7.97. The molecule has 1 aromatic carbocycles. The first-order chi connectivity index (χ1) is 15.5. The number of aryl methyl sites for hydroxylation is 1. The van der Waals surface area contributed by atoms with Gasteiger partial charge in [0.2, 0.25) is 0 Å². The predicted octanol–water partition coefficient (Wildman–Crippen LogP) is 3.37. The molecule has 3 aromatic heterocycles. The highest BCUT2D eigenvalue weighted by Gasteiger charge is 2.34. The summed E-state index contributed by atoms with van der Waals surface area (Å²) >= 11 is 1.25. The van der Waals surface area contributed by atoms with Crippen LogP contribution >= 0.6 is 11.3 Å². The summed E-state index contributed by atoms with van der Waals surface area (Å²) in [6.07, 6.45) is 3.23. The molecule has 160 valence electrons. The van der Waals surface area contributed by atoms with Crippen molar-refractivity contribution < 1.29 is 13.6 Å². The molecular formula is C24H19N3O4S. The van der Waals surface area contributed by atoms with E-state index in [9.17, 15) is 9.59 Å². The van der Waals surface area contributed by atoms with E-state index < -0.39 is 6.04 Å². The molecule has 1 aliphatic rings. The van der Waals surface area contributed by atoms with Gasteiger partial charge in [-0.3, -0.25) is 14.2 Å². The number of hydrogen-bond acceptors (Lipinski definition) is 6. The number of carbonyl (C=O) groups excluding carboxylic acids is 1. The highest BCUT2D eigenvalue weighted by molar-refractivity contribution is 7.07. The summed E-state index contributed by atoms with van der Waals surface area (Å²) in [5.74, 6) is 1.42. The average molecular weight is 446 g/mol. The first-order valence-electron chi connectivity index (χ1n) is 10.00. The van der Waals surface area contributed by atoms with E-state index in [1.54, 1.807) is 49.6 Å². The number of furan rings is 2. The maximum atomic E-state index is 13.4. The molecule has 0 bridgehead atoms. The Hall–Kier alpha value is -3.91. The molecule has 7 nitrogen and oxygen atoms in total. The highest BCUT2D eigenvalue weighted by atomic mass is 32.1. The number of rotatable bonds is 4. The molecule has 1 aliphatic heterocycles. The molecule has 0 radical (unpaired) electrons. The molecule has 5 rings (SSSR count). The number of nitrogens with one attached hydrogen (secondary N) is 1. The predicted molar refractivity (Wildman–Crippen MR) is 121 cm³/mol. The minimum atomic E-state index is -0.734. The maximum absolute atomic E-state index is 13.4. The fourth-order valence-electron chi connectivity index (χ4n) is 3.70. The van der Waals surface area contributed by atoms with Gasteiger partial charge in [-0.2, -0.15) is 0 Å². The van der Waals surface area contributed by atoms with Crippen LogP contribution in [0.2, 0.25) is 0 Å². The van der Waals surface area contributed by atoms with Crippen molar-refractivity contribution in [1.82, 2.24) is 4.57 Å². The van der Waals surface area contributed by atoms with Gasteiger partial charge in [0.1, 0.15) is 23.3 Å². The number of para-hydroxylation sites is 1. The Morgan fingerprint density at radius 3 is 2.62 bits per heavy atom. The van der Waals surface area contributed by atoms with Gasteiger partial charge in [-0.05, 0) is 50.2 Å². The Bertz CT molecular complexity index is 1510. The largest absolute Gasteiger partial charge is 0.465 e. The van der Waals surface area contributed by atoms with Crippen LogP contribution in [0.5, 0.6) is 0 Å². The molecule has 1 amide bonds. The molecular weight excluding hydrogens is 426 g/mol. The molecule has 0 fully saturated rings. The number of nitrogens with zero attached hydrogens (tertiary/aromatic N) is 2. The molecule has 0 saturated carbocycles. The molecule has 4 heterocycles. The van der Waals surface area contributed by atoms with Gasteiger partial charge in [0, 0.05) is 11.8 Å². The number of hydrogen-bond donors (Lipinski definition) is 1. The topological polar surface area (TPSA) is 89.7 Å². The molecule has 32 heavy (non-hydrogen) atoms. The zero-order valence-electron chi connectivity index (χ0n) is 17.4. The van der Waals surface area contributed by atoms with Crippen LogP contribution in [0.25, 0.3) is 6.08 Å². The van der Waals surface area contributed by atoms with Gasteiger partial charge in [0.25, 0.3) is 11.5 Å². The van der Waals surface area contributed by atoms with Crippen molar-refractivity contribution in [3.63, 3.8) is 0 Å². The Balaban J connectivity index is 1.68. The lowest BCUT2D eigenvalue weighted by atomic mass is 10.00. The molecule has 4 aromatic rings. The van der Waals surface area contributed by atoms with Crippen LogP contribution in [-0.2, 0) is 4.79 Å². The Kier molecular flexibility index (Phi) is 4.99. The molecule has 1 N–H and O–H groups in total. The number of carbonyl (C=O) groups is 1. The number of aromatic nitrogens is 1. The summed E-state index contributed by atoms with van der Waals surface area (Å²) < 4.78 is 13.2. The quantitative estimate of drug-likeness (QED) is 0.522. The monoisotopic (exact) mass is 445 g/mol. The fourth-order valence-corrected chi connectivity index (χ4v) is 4.73. The van der Waals surface area contributed by atoms with Gasteiger partial charge in [-0.1, -0.05) is 29.5 Å². The maximum Gasteiger partial charge on any atom is 0.271 e. The second-order valence-electron chi connectivity index (χ2n) is 7.37. The summed E-state index contributed by atoms with van der Waals surface area (Å²) in [4.78, 5) is 31.8. The van der Waals surface area contributed by atoms with Crippen LogP contribution in [0.4, 0.5) is 5.69 Å². The minimum Gasteiger partial charge on any atom is -0.465 e. The zero-order chi connectivity index (χ0) is 22.2. The summed E-state index contributed by atoms with van der Waals surface area (Å²) in [6.45, 7) is 3.59. The van der Waals surface area contributed by atoms with Crippen LogP contribution in [0, 0.1) is 6.92 Å². The Morgan fingerprint density at radius 1 is 1.12 bits per heavy atom. The molecule has 0 aliphatic carbocycles. The lowest BCUT2D eigenvalue weighted by Crippen LogP contribution is -2.40. The van der Waals surface area contributed by atoms with Gasteiger partial charge in [0.15, 0.2) is 4.80 Å². The standard InChI is InChI=1S/C24H19N3O4S/c1-14-10-11-18(31-14)21-20(22(28)26-16-7-4-3-5-8-16)15(2)25-24-27(21)23(29)19(32-24)13-17-9-6-12-30-17/h3-13,21H,1-2H3,(H,26,28). The van der Waals surface area contributed by atoms with E-state index in [-0.39, 0.29) is 11.5 Å². The smallest absolute Gasteiger partial charge is 0.271 e. The zero-order valence-corrected chi connectivity index (χ0v) is 18.2. The fraction of sp³-hybridized carbons (Fsp3) is 0.125. The van der Waals surface area contributed by atoms with E-state index in [4.69, 9.17) is 8.83 Å². The lowest BCUT2D eigenvalue weighted by Gasteiger charge is -2.23. The van der Waals surface area contributed by atoms with E-state index in [0.29, 0.717) is 43.6 Å². The molecule has 1 unspecified atom stereocenters. The van der Waals surface area contributed by atoms with Crippen LogP contribution < -0.4 is 20.2 Å². The van der Waals surface area contributed by atoms with Crippen molar-refractivity contribution in [2.45, 2.75) is 19.9 Å². The van der Waals surface area contributed by atoms with Crippen LogP contribution in [0.1, 0.15) is 30.2 Å². The van der Waals surface area contributed by atoms with Crippen molar-refractivity contribution in [3.05, 3.63) is 109 Å². The normalized spacial score (nSPS) is 16.1. The van der Waals surface area contributed by atoms with E-state index >= 15 is 0 Å². The third-order valence-corrected chi connectivity index (χ3v) is 6.13. The third kappa shape index (κ3) is 3.54. The summed E-state index contributed by atoms with van der Waals surface area (Å²) in [7, 11) is 0. The molecule has 1 atom stereocenters. The molecule has 8 heteroatoms. The number of amides is 1. The van der Waals surface area contributed by atoms with E-state index in [0.717, 1.165) is 0 Å². The Morgan fingerprint density at radius 2 is 1.94 bits per heavy atom. The number of benzene rings is 1. The van der Waals surface area contributed by atoms with Crippen molar-refractivity contribution >= 4 is 29.0 Å². The summed E-state index contributed by atoms with van der Waals surface area (Å²) in [5, 5.41) is 2.91.